The van der Waals surface area contributed by atoms with Gasteiger partial charge in [0.2, 0.25) is 0 Å². The highest BCUT2D eigenvalue weighted by Crippen LogP contribution is 2.27. The number of nitrogens with zero attached hydrogens (tertiary/aromatic N) is 1. The minimum atomic E-state index is -0.395. The maximum atomic E-state index is 11.7. The zero-order chi connectivity index (χ0) is 17.4. The maximum absolute atomic E-state index is 11.7. The van der Waals surface area contributed by atoms with E-state index in [-0.39, 0.29) is 12.4 Å². The van der Waals surface area contributed by atoms with Gasteiger partial charge in [0.1, 0.15) is 5.75 Å². The number of phenols is 1. The summed E-state index contributed by atoms with van der Waals surface area (Å²) in [6, 6.07) is 12.5. The molecular weight excluding hydrogens is 308 g/mol. The number of para-hydroxylation sites is 1. The van der Waals surface area contributed by atoms with Crippen molar-refractivity contribution in [3.63, 3.8) is 0 Å². The predicted molar refractivity (Wildman–Crippen MR) is 91.7 cm³/mol. The van der Waals surface area contributed by atoms with Crippen molar-refractivity contribution in [1.29, 1.82) is 0 Å². The van der Waals surface area contributed by atoms with Crippen molar-refractivity contribution in [1.82, 2.24) is 5.43 Å². The Hall–Kier alpha value is -3.02. The number of nitrogens with one attached hydrogen (secondary N) is 1. The first-order valence-electron chi connectivity index (χ1n) is 7.53. The highest BCUT2D eigenvalue weighted by molar-refractivity contribution is 5.86. The summed E-state index contributed by atoms with van der Waals surface area (Å²) in [5.41, 5.74) is 3.98. The molecule has 6 nitrogen and oxygen atoms in total. The number of phenolic OH excluding ortho intramolecular Hbond substituents is 1. The molecule has 126 valence electrons. The van der Waals surface area contributed by atoms with Crippen LogP contribution >= 0.6 is 0 Å². The molecule has 0 saturated heterocycles. The molecule has 0 aliphatic carbocycles. The van der Waals surface area contributed by atoms with Gasteiger partial charge in [0.15, 0.2) is 18.1 Å². The van der Waals surface area contributed by atoms with Gasteiger partial charge in [0.05, 0.1) is 13.3 Å². The average Bonchev–Trinajstić information content (AvgIpc) is 2.62. The number of aromatic hydroxyl groups is 1. The van der Waals surface area contributed by atoms with Crippen molar-refractivity contribution in [3.8, 4) is 17.2 Å². The Balaban J connectivity index is 1.84. The number of methoxy groups -OCH3 is 1. The number of ether oxygens (including phenoxy) is 2. The minimum Gasteiger partial charge on any atom is -0.504 e. The van der Waals surface area contributed by atoms with Gasteiger partial charge in [-0.3, -0.25) is 4.79 Å². The lowest BCUT2D eigenvalue weighted by atomic mass is 10.2. The van der Waals surface area contributed by atoms with E-state index in [0.717, 1.165) is 6.42 Å². The number of amides is 1. The first-order valence-corrected chi connectivity index (χ1v) is 7.53. The van der Waals surface area contributed by atoms with Crippen molar-refractivity contribution in [2.75, 3.05) is 13.7 Å². The number of hydrogen-bond donors (Lipinski definition) is 2. The van der Waals surface area contributed by atoms with Crippen molar-refractivity contribution in [3.05, 3.63) is 53.6 Å². The van der Waals surface area contributed by atoms with Crippen molar-refractivity contribution >= 4 is 12.1 Å². The van der Waals surface area contributed by atoms with Crippen molar-refractivity contribution in [2.24, 2.45) is 5.10 Å². The van der Waals surface area contributed by atoms with E-state index < -0.39 is 5.91 Å². The summed E-state index contributed by atoms with van der Waals surface area (Å²) in [6.45, 7) is 1.92. The normalized spacial score (nSPS) is 10.6. The molecule has 24 heavy (non-hydrogen) atoms. The molecule has 0 radical (unpaired) electrons. The molecule has 0 unspecified atom stereocenters. The first kappa shape index (κ1) is 17.3. The predicted octanol–water partition coefficient (Wildman–Crippen LogP) is 2.49. The van der Waals surface area contributed by atoms with Gasteiger partial charge in [0, 0.05) is 5.56 Å². The van der Waals surface area contributed by atoms with Crippen LogP contribution in [0, 0.1) is 0 Å². The van der Waals surface area contributed by atoms with Crippen LogP contribution in [-0.2, 0) is 11.2 Å². The van der Waals surface area contributed by atoms with E-state index >= 15 is 0 Å². The number of hydrazone groups is 1. The number of rotatable bonds is 7. The van der Waals surface area contributed by atoms with Crippen LogP contribution in [-0.4, -0.2) is 30.9 Å². The molecule has 2 aromatic carbocycles. The van der Waals surface area contributed by atoms with Gasteiger partial charge in [-0.1, -0.05) is 25.1 Å². The van der Waals surface area contributed by atoms with Crippen LogP contribution in [0.2, 0.25) is 0 Å². The highest BCUT2D eigenvalue weighted by Gasteiger charge is 2.05. The number of aryl methyl sites for hydroxylation is 1. The van der Waals surface area contributed by atoms with E-state index in [1.807, 2.05) is 24.3 Å². The topological polar surface area (TPSA) is 80.2 Å². The van der Waals surface area contributed by atoms with Crippen molar-refractivity contribution in [2.45, 2.75) is 13.3 Å². The molecule has 1 amide bonds. The zero-order valence-electron chi connectivity index (χ0n) is 13.7. The molecule has 0 atom stereocenters. The summed E-state index contributed by atoms with van der Waals surface area (Å²) in [7, 11) is 1.46. The van der Waals surface area contributed by atoms with E-state index in [1.165, 1.54) is 18.9 Å². The van der Waals surface area contributed by atoms with Gasteiger partial charge in [0.25, 0.3) is 5.91 Å². The van der Waals surface area contributed by atoms with E-state index in [1.54, 1.807) is 18.2 Å². The lowest BCUT2D eigenvalue weighted by molar-refractivity contribution is -0.123. The summed E-state index contributed by atoms with van der Waals surface area (Å²) >= 11 is 0. The number of benzene rings is 2. The summed E-state index contributed by atoms with van der Waals surface area (Å²) in [6.07, 6.45) is 2.29. The zero-order valence-corrected chi connectivity index (χ0v) is 13.7. The lowest BCUT2D eigenvalue weighted by Crippen LogP contribution is -2.24. The molecule has 0 fully saturated rings. The standard InChI is InChI=1S/C18H20N2O4/c1-3-13-7-9-15(10-8-13)24-12-17(21)20-19-11-14-5-4-6-16(23-2)18(14)22/h4-11,22H,3,12H2,1-2H3,(H,20,21). The molecule has 0 aliphatic rings. The molecule has 0 spiro atoms. The van der Waals surface area contributed by atoms with Gasteiger partial charge in [-0.25, -0.2) is 5.43 Å². The van der Waals surface area contributed by atoms with Crippen LogP contribution in [0.4, 0.5) is 0 Å². The van der Waals surface area contributed by atoms with Gasteiger partial charge in [-0.05, 0) is 36.2 Å². The SMILES string of the molecule is CCc1ccc(OCC(=O)NN=Cc2cccc(OC)c2O)cc1. The molecular formula is C18H20N2O4. The summed E-state index contributed by atoms with van der Waals surface area (Å²) in [5, 5.41) is 13.7. The van der Waals surface area contributed by atoms with Gasteiger partial charge in [-0.2, -0.15) is 5.10 Å². The van der Waals surface area contributed by atoms with Crippen LogP contribution in [0.25, 0.3) is 0 Å². The third-order valence-corrected chi connectivity index (χ3v) is 3.34. The molecule has 0 heterocycles. The summed E-state index contributed by atoms with van der Waals surface area (Å²) < 4.78 is 10.4. The molecule has 0 aliphatic heterocycles. The fraction of sp³-hybridized carbons (Fsp3) is 0.222. The highest BCUT2D eigenvalue weighted by atomic mass is 16.5. The quantitative estimate of drug-likeness (QED) is 0.604. The summed E-state index contributed by atoms with van der Waals surface area (Å²) in [4.78, 5) is 11.7. The molecule has 0 saturated carbocycles. The second-order valence-electron chi connectivity index (χ2n) is 4.98. The average molecular weight is 328 g/mol. The minimum absolute atomic E-state index is 0.0368. The molecule has 0 aromatic heterocycles. The monoisotopic (exact) mass is 328 g/mol. The second kappa shape index (κ2) is 8.57. The first-order chi connectivity index (χ1) is 11.6. The fourth-order valence-corrected chi connectivity index (χ4v) is 1.98. The van der Waals surface area contributed by atoms with Crippen LogP contribution in [0.3, 0.4) is 0 Å². The smallest absolute Gasteiger partial charge is 0.277 e. The number of hydrogen-bond acceptors (Lipinski definition) is 5. The van der Waals surface area contributed by atoms with E-state index in [0.29, 0.717) is 17.1 Å². The Morgan fingerprint density at radius 3 is 2.67 bits per heavy atom. The van der Waals surface area contributed by atoms with E-state index in [9.17, 15) is 9.90 Å². The Labute approximate surface area is 140 Å². The fourth-order valence-electron chi connectivity index (χ4n) is 1.98. The van der Waals surface area contributed by atoms with Crippen LogP contribution < -0.4 is 14.9 Å². The van der Waals surface area contributed by atoms with E-state index in [4.69, 9.17) is 9.47 Å². The second-order valence-corrected chi connectivity index (χ2v) is 4.98. The molecule has 6 heteroatoms. The Bertz CT molecular complexity index is 711. The number of carbonyl (C=O) groups excluding carboxylic acids is 1. The molecule has 2 aromatic rings. The summed E-state index contributed by atoms with van der Waals surface area (Å²) in [5.74, 6) is 0.527. The maximum Gasteiger partial charge on any atom is 0.277 e. The van der Waals surface area contributed by atoms with Crippen molar-refractivity contribution < 1.29 is 19.4 Å². The molecule has 2 rings (SSSR count). The van der Waals surface area contributed by atoms with Crippen LogP contribution in [0.5, 0.6) is 17.2 Å². The third kappa shape index (κ3) is 4.74. The Morgan fingerprint density at radius 1 is 1.25 bits per heavy atom. The van der Waals surface area contributed by atoms with E-state index in [2.05, 4.69) is 17.5 Å². The third-order valence-electron chi connectivity index (χ3n) is 3.34. The molecule has 2 N–H and O–H groups in total. The van der Waals surface area contributed by atoms with Crippen LogP contribution in [0.15, 0.2) is 47.6 Å². The lowest BCUT2D eigenvalue weighted by Gasteiger charge is -2.06. The van der Waals surface area contributed by atoms with Gasteiger partial charge < -0.3 is 14.6 Å². The largest absolute Gasteiger partial charge is 0.504 e. The van der Waals surface area contributed by atoms with Gasteiger partial charge in [-0.15, -0.1) is 0 Å². The van der Waals surface area contributed by atoms with Gasteiger partial charge >= 0.3 is 0 Å². The van der Waals surface area contributed by atoms with Crippen LogP contribution in [0.1, 0.15) is 18.1 Å². The number of carbonyl (C=O) groups is 1. The molecule has 0 bridgehead atoms. The Kier molecular flexibility index (Phi) is 6.19. The Morgan fingerprint density at radius 2 is 2.00 bits per heavy atom.